The number of aromatic nitrogens is 2. The summed E-state index contributed by atoms with van der Waals surface area (Å²) in [6, 6.07) is 14.2. The van der Waals surface area contributed by atoms with Gasteiger partial charge in [0.25, 0.3) is 5.91 Å². The molecule has 1 N–H and O–H groups in total. The summed E-state index contributed by atoms with van der Waals surface area (Å²) in [6.07, 6.45) is -0.854. The highest BCUT2D eigenvalue weighted by Crippen LogP contribution is 2.27. The Hall–Kier alpha value is -3.69. The lowest BCUT2D eigenvalue weighted by atomic mass is 10.0. The van der Waals surface area contributed by atoms with E-state index in [1.165, 1.54) is 12.1 Å². The van der Waals surface area contributed by atoms with E-state index in [2.05, 4.69) is 37.1 Å². The highest BCUT2D eigenvalue weighted by molar-refractivity contribution is 5.96. The molecule has 0 radical (unpaired) electrons. The summed E-state index contributed by atoms with van der Waals surface area (Å²) in [5, 5.41) is 7.73. The quantitative estimate of drug-likeness (QED) is 0.472. The van der Waals surface area contributed by atoms with Crippen molar-refractivity contribution in [3.63, 3.8) is 0 Å². The minimum absolute atomic E-state index is 0.0526. The fourth-order valence-electron chi connectivity index (χ4n) is 5.23. The van der Waals surface area contributed by atoms with E-state index in [0.29, 0.717) is 6.54 Å². The summed E-state index contributed by atoms with van der Waals surface area (Å²) in [7, 11) is 0. The molecular weight excluding hydrogens is 495 g/mol. The molecule has 2 aliphatic rings. The van der Waals surface area contributed by atoms with E-state index in [1.54, 1.807) is 12.1 Å². The summed E-state index contributed by atoms with van der Waals surface area (Å²) >= 11 is 0. The third-order valence-electron chi connectivity index (χ3n) is 7.20. The maximum absolute atomic E-state index is 13.0. The van der Waals surface area contributed by atoms with E-state index in [1.807, 2.05) is 23.7 Å². The molecule has 38 heavy (non-hydrogen) atoms. The molecule has 1 amide bonds. The van der Waals surface area contributed by atoms with Gasteiger partial charge in [-0.2, -0.15) is 5.10 Å². The lowest BCUT2D eigenvalue weighted by Crippen LogP contribution is -2.46. The van der Waals surface area contributed by atoms with Gasteiger partial charge in [0.15, 0.2) is 0 Å². The molecule has 3 heterocycles. The maximum Gasteiger partial charge on any atom is 0.573 e. The van der Waals surface area contributed by atoms with Crippen molar-refractivity contribution in [3.8, 4) is 5.75 Å². The summed E-state index contributed by atoms with van der Waals surface area (Å²) in [5.74, 6) is -0.269. The van der Waals surface area contributed by atoms with Crippen LogP contribution in [0.25, 0.3) is 0 Å². The van der Waals surface area contributed by atoms with E-state index in [0.717, 1.165) is 92.3 Å². The van der Waals surface area contributed by atoms with Gasteiger partial charge < -0.3 is 19.9 Å². The number of fused-ring (bicyclic) bond motifs is 1. The number of hydrogen-bond acceptors (Lipinski definition) is 5. The van der Waals surface area contributed by atoms with Crippen molar-refractivity contribution in [1.29, 1.82) is 0 Å². The molecule has 2 aliphatic heterocycles. The van der Waals surface area contributed by atoms with E-state index in [-0.39, 0.29) is 11.7 Å². The molecule has 10 heteroatoms. The Bertz CT molecular complexity index is 1250. The van der Waals surface area contributed by atoms with Gasteiger partial charge in [-0.1, -0.05) is 19.1 Å². The molecule has 7 nitrogen and oxygen atoms in total. The zero-order valence-corrected chi connectivity index (χ0v) is 21.4. The minimum atomic E-state index is -4.69. The molecule has 1 aromatic heterocycles. The van der Waals surface area contributed by atoms with Crippen LogP contribution < -0.4 is 19.9 Å². The number of anilines is 2. The highest BCUT2D eigenvalue weighted by Gasteiger charge is 2.31. The van der Waals surface area contributed by atoms with Crippen molar-refractivity contribution in [2.24, 2.45) is 0 Å². The monoisotopic (exact) mass is 527 g/mol. The second-order valence-electron chi connectivity index (χ2n) is 9.67. The lowest BCUT2D eigenvalue weighted by molar-refractivity contribution is -0.274. The smallest absolute Gasteiger partial charge is 0.406 e. The van der Waals surface area contributed by atoms with E-state index in [9.17, 15) is 18.0 Å². The topological polar surface area (TPSA) is 62.6 Å². The summed E-state index contributed by atoms with van der Waals surface area (Å²) < 4.78 is 43.1. The molecule has 202 valence electrons. The van der Waals surface area contributed by atoms with Gasteiger partial charge in [-0.25, -0.2) is 0 Å². The average Bonchev–Trinajstić information content (AvgIpc) is 3.31. The van der Waals surface area contributed by atoms with E-state index >= 15 is 0 Å². The van der Waals surface area contributed by atoms with E-state index < -0.39 is 6.36 Å². The lowest BCUT2D eigenvalue weighted by Gasteiger charge is -2.37. The van der Waals surface area contributed by atoms with Crippen molar-refractivity contribution in [1.82, 2.24) is 15.1 Å². The number of hydrogen-bond donors (Lipinski definition) is 1. The average molecular weight is 528 g/mol. The van der Waals surface area contributed by atoms with Crippen LogP contribution >= 0.6 is 0 Å². The standard InChI is InChI=1S/C28H32F3N5O2/c1-2-24-26(25-5-3-4-14-36(25)33-24)27(37)32-19-20-6-8-21(9-7-20)34-15-17-35(18-16-34)22-10-12-23(13-11-22)38-28(29,30)31/h6-13H,2-5,14-19H2,1H3,(H,32,37). The number of ether oxygens (including phenoxy) is 1. The molecule has 2 aromatic carbocycles. The molecule has 0 spiro atoms. The highest BCUT2D eigenvalue weighted by atomic mass is 19.4. The number of alkyl halides is 3. The van der Waals surface area contributed by atoms with Crippen LogP contribution in [0.1, 0.15) is 47.1 Å². The number of carbonyl (C=O) groups excluding carboxylic acids is 1. The largest absolute Gasteiger partial charge is 0.573 e. The maximum atomic E-state index is 13.0. The normalized spacial score (nSPS) is 15.8. The number of halogens is 3. The Labute approximate surface area is 220 Å². The van der Waals surface area contributed by atoms with Crippen LogP contribution in [-0.4, -0.2) is 48.2 Å². The SMILES string of the molecule is CCc1nn2c(c1C(=O)NCc1ccc(N3CCN(c4ccc(OC(F)(F)F)cc4)CC3)cc1)CCCC2. The second kappa shape index (κ2) is 11.0. The molecule has 0 unspecified atom stereocenters. The fourth-order valence-corrected chi connectivity index (χ4v) is 5.23. The second-order valence-corrected chi connectivity index (χ2v) is 9.67. The molecule has 1 saturated heterocycles. The summed E-state index contributed by atoms with van der Waals surface area (Å²) in [5.41, 5.74) is 5.69. The Morgan fingerprint density at radius 1 is 0.921 bits per heavy atom. The zero-order valence-electron chi connectivity index (χ0n) is 21.4. The summed E-state index contributed by atoms with van der Waals surface area (Å²) in [6.45, 7) is 6.48. The molecule has 0 saturated carbocycles. The fraction of sp³-hybridized carbons (Fsp3) is 0.429. The van der Waals surface area contributed by atoms with Crippen molar-refractivity contribution in [3.05, 3.63) is 71.0 Å². The van der Waals surface area contributed by atoms with Gasteiger partial charge >= 0.3 is 6.36 Å². The van der Waals surface area contributed by atoms with Crippen molar-refractivity contribution >= 4 is 17.3 Å². The third kappa shape index (κ3) is 5.89. The van der Waals surface area contributed by atoms with Crippen LogP contribution in [0, 0.1) is 0 Å². The molecule has 5 rings (SSSR count). The van der Waals surface area contributed by atoms with Crippen LogP contribution in [0.2, 0.25) is 0 Å². The van der Waals surface area contributed by atoms with Gasteiger partial charge in [-0.15, -0.1) is 13.2 Å². The molecular formula is C28H32F3N5O2. The van der Waals surface area contributed by atoms with Gasteiger partial charge in [0.2, 0.25) is 0 Å². The summed E-state index contributed by atoms with van der Waals surface area (Å²) in [4.78, 5) is 17.5. The first-order valence-corrected chi connectivity index (χ1v) is 13.1. The first-order chi connectivity index (χ1) is 18.3. The molecule has 0 aliphatic carbocycles. The van der Waals surface area contributed by atoms with Gasteiger partial charge in [0, 0.05) is 50.6 Å². The number of rotatable bonds is 7. The van der Waals surface area contributed by atoms with Crippen LogP contribution in [0.3, 0.4) is 0 Å². The Balaban J connectivity index is 1.13. The van der Waals surface area contributed by atoms with Crippen LogP contribution in [0.5, 0.6) is 5.75 Å². The Morgan fingerprint density at radius 3 is 2.11 bits per heavy atom. The van der Waals surface area contributed by atoms with Crippen molar-refractivity contribution in [2.75, 3.05) is 36.0 Å². The number of amides is 1. The number of aryl methyl sites for hydroxylation is 2. The number of nitrogens with zero attached hydrogens (tertiary/aromatic N) is 4. The number of carbonyl (C=O) groups is 1. The molecule has 1 fully saturated rings. The molecule has 0 bridgehead atoms. The van der Waals surface area contributed by atoms with E-state index in [4.69, 9.17) is 0 Å². The number of piperazine rings is 1. The van der Waals surface area contributed by atoms with Crippen LogP contribution in [-0.2, 0) is 25.9 Å². The predicted molar refractivity (Wildman–Crippen MR) is 140 cm³/mol. The Kier molecular flexibility index (Phi) is 7.49. The third-order valence-corrected chi connectivity index (χ3v) is 7.20. The van der Waals surface area contributed by atoms with Crippen molar-refractivity contribution < 1.29 is 22.7 Å². The zero-order chi connectivity index (χ0) is 26.7. The Morgan fingerprint density at radius 2 is 1.53 bits per heavy atom. The van der Waals surface area contributed by atoms with Gasteiger partial charge in [-0.05, 0) is 67.6 Å². The first-order valence-electron chi connectivity index (χ1n) is 13.1. The van der Waals surface area contributed by atoms with Gasteiger partial charge in [-0.3, -0.25) is 9.48 Å². The van der Waals surface area contributed by atoms with Crippen molar-refractivity contribution in [2.45, 2.75) is 52.1 Å². The molecule has 3 aromatic rings. The number of nitrogens with one attached hydrogen (secondary N) is 1. The van der Waals surface area contributed by atoms with Gasteiger partial charge in [0.1, 0.15) is 5.75 Å². The predicted octanol–water partition coefficient (Wildman–Crippen LogP) is 4.94. The molecule has 0 atom stereocenters. The minimum Gasteiger partial charge on any atom is -0.406 e. The van der Waals surface area contributed by atoms with Crippen LogP contribution in [0.4, 0.5) is 24.5 Å². The van der Waals surface area contributed by atoms with Gasteiger partial charge in [0.05, 0.1) is 17.0 Å². The first kappa shape index (κ1) is 25.9. The van der Waals surface area contributed by atoms with Crippen LogP contribution in [0.15, 0.2) is 48.5 Å². The number of benzene rings is 2.